The van der Waals surface area contributed by atoms with Crippen LogP contribution in [0.2, 0.25) is 0 Å². The molecular formula is C5H8F2S. The third-order valence-corrected chi connectivity index (χ3v) is 1.82. The third-order valence-electron chi connectivity index (χ3n) is 1.38. The molecule has 8 heavy (non-hydrogen) atoms. The molecule has 0 aromatic heterocycles. The minimum Gasteiger partial charge on any atom is -0.207 e. The summed E-state index contributed by atoms with van der Waals surface area (Å²) >= 11 is 3.93. The minimum absolute atomic E-state index is 0.0289. The standard InChI is InChI=1S/C5H8F2S/c6-5(7)2-1-4(8)3-5/h4,8H,1-3H2/t4-/m0/s1. The van der Waals surface area contributed by atoms with E-state index >= 15 is 0 Å². The number of rotatable bonds is 0. The first-order valence-corrected chi connectivity index (χ1v) is 3.18. The van der Waals surface area contributed by atoms with E-state index in [0.717, 1.165) is 0 Å². The molecule has 3 heteroatoms. The molecule has 1 rings (SSSR count). The normalized spacial score (nSPS) is 35.6. The van der Waals surface area contributed by atoms with Crippen molar-refractivity contribution in [3.05, 3.63) is 0 Å². The lowest BCUT2D eigenvalue weighted by molar-refractivity contribution is 0.00983. The van der Waals surface area contributed by atoms with Gasteiger partial charge in [0.2, 0.25) is 5.92 Å². The smallest absolute Gasteiger partial charge is 0.207 e. The SMILES string of the molecule is FC1(F)CC[C@H](S)C1. The van der Waals surface area contributed by atoms with Crippen LogP contribution in [0.3, 0.4) is 0 Å². The average molecular weight is 138 g/mol. The van der Waals surface area contributed by atoms with E-state index in [1.165, 1.54) is 0 Å². The van der Waals surface area contributed by atoms with Crippen LogP contribution in [0.1, 0.15) is 19.3 Å². The maximum atomic E-state index is 12.1. The van der Waals surface area contributed by atoms with E-state index in [1.54, 1.807) is 0 Å². The molecule has 0 heterocycles. The Hall–Kier alpha value is 0.210. The van der Waals surface area contributed by atoms with E-state index in [-0.39, 0.29) is 18.1 Å². The van der Waals surface area contributed by atoms with Gasteiger partial charge in [-0.1, -0.05) is 0 Å². The fourth-order valence-corrected chi connectivity index (χ4v) is 1.32. The molecule has 48 valence electrons. The zero-order valence-electron chi connectivity index (χ0n) is 4.40. The predicted molar refractivity (Wildman–Crippen MR) is 31.6 cm³/mol. The van der Waals surface area contributed by atoms with Crippen LogP contribution in [-0.2, 0) is 0 Å². The van der Waals surface area contributed by atoms with Crippen LogP contribution in [0.25, 0.3) is 0 Å². The van der Waals surface area contributed by atoms with Gasteiger partial charge in [-0.25, -0.2) is 8.78 Å². The van der Waals surface area contributed by atoms with Crippen molar-refractivity contribution in [2.24, 2.45) is 0 Å². The number of alkyl halides is 2. The van der Waals surface area contributed by atoms with Crippen LogP contribution in [0.4, 0.5) is 8.78 Å². The van der Waals surface area contributed by atoms with Crippen molar-refractivity contribution in [3.8, 4) is 0 Å². The fourth-order valence-electron chi connectivity index (χ4n) is 0.927. The Kier molecular flexibility index (Phi) is 1.48. The van der Waals surface area contributed by atoms with Crippen LogP contribution < -0.4 is 0 Å². The minimum atomic E-state index is -2.41. The highest BCUT2D eigenvalue weighted by atomic mass is 32.1. The summed E-state index contributed by atoms with van der Waals surface area (Å²) in [6.45, 7) is 0. The molecule has 0 N–H and O–H groups in total. The largest absolute Gasteiger partial charge is 0.249 e. The van der Waals surface area contributed by atoms with Crippen molar-refractivity contribution >= 4 is 12.6 Å². The van der Waals surface area contributed by atoms with Gasteiger partial charge in [-0.15, -0.1) is 0 Å². The molecule has 0 radical (unpaired) electrons. The second kappa shape index (κ2) is 1.87. The Morgan fingerprint density at radius 1 is 1.50 bits per heavy atom. The quantitative estimate of drug-likeness (QED) is 0.487. The van der Waals surface area contributed by atoms with Gasteiger partial charge in [0.05, 0.1) is 0 Å². The fraction of sp³-hybridized carbons (Fsp3) is 1.00. The van der Waals surface area contributed by atoms with Gasteiger partial charge in [0.25, 0.3) is 0 Å². The first-order chi connectivity index (χ1) is 3.60. The Labute approximate surface area is 52.7 Å². The summed E-state index contributed by atoms with van der Waals surface area (Å²) in [5.41, 5.74) is 0. The highest BCUT2D eigenvalue weighted by molar-refractivity contribution is 7.80. The monoisotopic (exact) mass is 138 g/mol. The van der Waals surface area contributed by atoms with E-state index in [4.69, 9.17) is 0 Å². The molecule has 0 unspecified atom stereocenters. The molecule has 0 spiro atoms. The van der Waals surface area contributed by atoms with Crippen molar-refractivity contribution in [3.63, 3.8) is 0 Å². The van der Waals surface area contributed by atoms with Gasteiger partial charge in [0, 0.05) is 18.1 Å². The second-order valence-corrected chi connectivity index (χ2v) is 2.98. The van der Waals surface area contributed by atoms with Crippen molar-refractivity contribution < 1.29 is 8.78 Å². The molecule has 1 atom stereocenters. The lowest BCUT2D eigenvalue weighted by atomic mass is 10.3. The summed E-state index contributed by atoms with van der Waals surface area (Å²) in [7, 11) is 0. The molecule has 0 aliphatic heterocycles. The van der Waals surface area contributed by atoms with Gasteiger partial charge < -0.3 is 0 Å². The lowest BCUT2D eigenvalue weighted by Crippen LogP contribution is -2.09. The molecule has 0 bridgehead atoms. The highest BCUT2D eigenvalue weighted by Crippen LogP contribution is 2.36. The van der Waals surface area contributed by atoms with Crippen molar-refractivity contribution in [1.82, 2.24) is 0 Å². The average Bonchev–Trinajstić information content (AvgIpc) is 1.82. The predicted octanol–water partition coefficient (Wildman–Crippen LogP) is 2.10. The molecule has 1 saturated carbocycles. The molecule has 0 nitrogen and oxygen atoms in total. The van der Waals surface area contributed by atoms with Crippen molar-refractivity contribution in [2.45, 2.75) is 30.4 Å². The van der Waals surface area contributed by atoms with Crippen molar-refractivity contribution in [1.29, 1.82) is 0 Å². The summed E-state index contributed by atoms with van der Waals surface area (Å²) in [6.07, 6.45) is 0.563. The van der Waals surface area contributed by atoms with Crippen molar-refractivity contribution in [2.75, 3.05) is 0 Å². The first kappa shape index (κ1) is 6.33. The molecule has 0 aromatic rings. The van der Waals surface area contributed by atoms with E-state index in [2.05, 4.69) is 12.6 Å². The summed E-state index contributed by atoms with van der Waals surface area (Å²) in [5, 5.41) is -0.0648. The number of thiol groups is 1. The number of hydrogen-bond acceptors (Lipinski definition) is 1. The molecule has 0 amide bonds. The van der Waals surface area contributed by atoms with Crippen LogP contribution in [0, 0.1) is 0 Å². The van der Waals surface area contributed by atoms with E-state index in [9.17, 15) is 8.78 Å². The molecule has 1 fully saturated rings. The van der Waals surface area contributed by atoms with Crippen LogP contribution in [0.5, 0.6) is 0 Å². The highest BCUT2D eigenvalue weighted by Gasteiger charge is 2.37. The zero-order valence-corrected chi connectivity index (χ0v) is 5.30. The number of halogens is 2. The Bertz CT molecular complexity index is 92.4. The Morgan fingerprint density at radius 3 is 2.25 bits per heavy atom. The summed E-state index contributed by atoms with van der Waals surface area (Å²) < 4.78 is 24.3. The summed E-state index contributed by atoms with van der Waals surface area (Å²) in [5.74, 6) is -2.41. The van der Waals surface area contributed by atoms with Gasteiger partial charge >= 0.3 is 0 Å². The molecular weight excluding hydrogens is 130 g/mol. The topological polar surface area (TPSA) is 0 Å². The maximum absolute atomic E-state index is 12.1. The molecule has 0 aromatic carbocycles. The van der Waals surface area contributed by atoms with Gasteiger partial charge in [-0.3, -0.25) is 0 Å². The van der Waals surface area contributed by atoms with E-state index < -0.39 is 5.92 Å². The van der Waals surface area contributed by atoms with Crippen LogP contribution in [-0.4, -0.2) is 11.2 Å². The Morgan fingerprint density at radius 2 is 2.12 bits per heavy atom. The maximum Gasteiger partial charge on any atom is 0.249 e. The van der Waals surface area contributed by atoms with E-state index in [1.807, 2.05) is 0 Å². The molecule has 1 aliphatic rings. The van der Waals surface area contributed by atoms with Gasteiger partial charge in [0.15, 0.2) is 0 Å². The van der Waals surface area contributed by atoms with Gasteiger partial charge in [-0.2, -0.15) is 12.6 Å². The summed E-state index contributed by atoms with van der Waals surface area (Å²) in [4.78, 5) is 0. The third kappa shape index (κ3) is 1.34. The summed E-state index contributed by atoms with van der Waals surface area (Å²) in [6, 6.07) is 0. The molecule has 1 aliphatic carbocycles. The van der Waals surface area contributed by atoms with Gasteiger partial charge in [-0.05, 0) is 6.42 Å². The van der Waals surface area contributed by atoms with Crippen LogP contribution >= 0.6 is 12.6 Å². The van der Waals surface area contributed by atoms with Crippen LogP contribution in [0.15, 0.2) is 0 Å². The van der Waals surface area contributed by atoms with E-state index in [0.29, 0.717) is 6.42 Å². The lowest BCUT2D eigenvalue weighted by Gasteiger charge is -2.04. The Balaban J connectivity index is 2.44. The zero-order chi connectivity index (χ0) is 6.20. The molecule has 0 saturated heterocycles. The second-order valence-electron chi connectivity index (χ2n) is 2.25. The van der Waals surface area contributed by atoms with Gasteiger partial charge in [0.1, 0.15) is 0 Å². The first-order valence-electron chi connectivity index (χ1n) is 2.66. The number of hydrogen-bond donors (Lipinski definition) is 1.